The maximum atomic E-state index is 9.70. The maximum absolute atomic E-state index is 9.70. The smallest absolute Gasteiger partial charge is 0.119 e. The highest BCUT2D eigenvalue weighted by molar-refractivity contribution is 5.46. The van der Waals surface area contributed by atoms with E-state index in [4.69, 9.17) is 5.11 Å². The second kappa shape index (κ2) is 4.37. The third-order valence-electron chi connectivity index (χ3n) is 2.12. The van der Waals surface area contributed by atoms with Crippen LogP contribution in [0.2, 0.25) is 0 Å². The lowest BCUT2D eigenvalue weighted by Gasteiger charge is -2.20. The topological polar surface area (TPSA) is 40.5 Å². The van der Waals surface area contributed by atoms with E-state index in [2.05, 4.69) is 11.8 Å². The number of hydrogen-bond acceptors (Lipinski definition) is 2. The minimum atomic E-state index is -0.147. The van der Waals surface area contributed by atoms with E-state index in [9.17, 15) is 5.11 Å². The van der Waals surface area contributed by atoms with Gasteiger partial charge in [-0.3, -0.25) is 0 Å². The minimum Gasteiger partial charge on any atom is -0.508 e. The zero-order chi connectivity index (χ0) is 11.5. The van der Waals surface area contributed by atoms with Gasteiger partial charge in [-0.05, 0) is 23.6 Å². The summed E-state index contributed by atoms with van der Waals surface area (Å²) in [6, 6.07) is 5.24. The summed E-state index contributed by atoms with van der Waals surface area (Å²) in [4.78, 5) is 0. The second-order valence-corrected chi connectivity index (χ2v) is 4.44. The Labute approximate surface area is 90.6 Å². The van der Waals surface area contributed by atoms with Crippen LogP contribution in [0.1, 0.15) is 31.9 Å². The van der Waals surface area contributed by atoms with Crippen LogP contribution in [-0.2, 0) is 5.41 Å². The standard InChI is InChI=1S/C13H16O2/c1-13(2,3)11-9-10(5-4-8-14)6-7-12(11)15/h6-7,9,14-15H,8H2,1-3H3. The molecule has 15 heavy (non-hydrogen) atoms. The van der Waals surface area contributed by atoms with Gasteiger partial charge < -0.3 is 10.2 Å². The van der Waals surface area contributed by atoms with Gasteiger partial charge in [-0.15, -0.1) is 0 Å². The molecule has 0 amide bonds. The van der Waals surface area contributed by atoms with E-state index in [0.29, 0.717) is 0 Å². The molecule has 0 saturated carbocycles. The van der Waals surface area contributed by atoms with Crippen LogP contribution in [0.4, 0.5) is 0 Å². The van der Waals surface area contributed by atoms with E-state index >= 15 is 0 Å². The van der Waals surface area contributed by atoms with E-state index in [1.807, 2.05) is 26.8 Å². The minimum absolute atomic E-state index is 0.110. The first-order valence-electron chi connectivity index (χ1n) is 4.88. The molecular formula is C13H16O2. The summed E-state index contributed by atoms with van der Waals surface area (Å²) in [7, 11) is 0. The molecule has 1 aromatic carbocycles. The third kappa shape index (κ3) is 3.00. The number of phenolic OH excluding ortho intramolecular Hbond substituents is 1. The Morgan fingerprint density at radius 1 is 1.27 bits per heavy atom. The van der Waals surface area contributed by atoms with Crippen molar-refractivity contribution in [3.63, 3.8) is 0 Å². The van der Waals surface area contributed by atoms with E-state index < -0.39 is 0 Å². The highest BCUT2D eigenvalue weighted by atomic mass is 16.3. The van der Waals surface area contributed by atoms with Crippen LogP contribution in [0.25, 0.3) is 0 Å². The van der Waals surface area contributed by atoms with Crippen LogP contribution >= 0.6 is 0 Å². The molecule has 2 N–H and O–H groups in total. The van der Waals surface area contributed by atoms with E-state index in [1.54, 1.807) is 12.1 Å². The van der Waals surface area contributed by atoms with Crippen LogP contribution in [0.3, 0.4) is 0 Å². The van der Waals surface area contributed by atoms with Crippen molar-refractivity contribution >= 4 is 0 Å². The fourth-order valence-corrected chi connectivity index (χ4v) is 1.36. The van der Waals surface area contributed by atoms with Crippen LogP contribution in [0, 0.1) is 11.8 Å². The molecule has 80 valence electrons. The van der Waals surface area contributed by atoms with E-state index in [-0.39, 0.29) is 17.8 Å². The molecule has 0 aliphatic rings. The van der Waals surface area contributed by atoms with Gasteiger partial charge in [0.15, 0.2) is 0 Å². The van der Waals surface area contributed by atoms with Gasteiger partial charge in [0.25, 0.3) is 0 Å². The molecule has 0 fully saturated rings. The van der Waals surface area contributed by atoms with Gasteiger partial charge in [0.1, 0.15) is 12.4 Å². The number of benzene rings is 1. The average Bonchev–Trinajstić information content (AvgIpc) is 2.15. The Balaban J connectivity index is 3.17. The van der Waals surface area contributed by atoms with Crippen molar-refractivity contribution in [2.75, 3.05) is 6.61 Å². The third-order valence-corrected chi connectivity index (χ3v) is 2.12. The van der Waals surface area contributed by atoms with Gasteiger partial charge >= 0.3 is 0 Å². The number of rotatable bonds is 0. The van der Waals surface area contributed by atoms with Gasteiger partial charge in [-0.25, -0.2) is 0 Å². The molecule has 1 aromatic rings. The molecule has 2 nitrogen and oxygen atoms in total. The Morgan fingerprint density at radius 3 is 2.47 bits per heavy atom. The summed E-state index contributed by atoms with van der Waals surface area (Å²) in [5, 5.41) is 18.3. The molecule has 0 atom stereocenters. The first-order valence-corrected chi connectivity index (χ1v) is 4.88. The first-order chi connectivity index (χ1) is 6.95. The molecule has 0 heterocycles. The normalized spacial score (nSPS) is 10.7. The van der Waals surface area contributed by atoms with Crippen molar-refractivity contribution in [2.45, 2.75) is 26.2 Å². The van der Waals surface area contributed by atoms with Crippen LogP contribution in [-0.4, -0.2) is 16.8 Å². The molecule has 2 heteroatoms. The Morgan fingerprint density at radius 2 is 1.93 bits per heavy atom. The maximum Gasteiger partial charge on any atom is 0.119 e. The molecule has 0 aliphatic carbocycles. The molecular weight excluding hydrogens is 188 g/mol. The van der Waals surface area contributed by atoms with Crippen molar-refractivity contribution in [3.05, 3.63) is 29.3 Å². The SMILES string of the molecule is CC(C)(C)c1cc(C#CCO)ccc1O. The highest BCUT2D eigenvalue weighted by Gasteiger charge is 2.17. The number of aliphatic hydroxyl groups is 1. The number of hydrogen-bond donors (Lipinski definition) is 2. The molecule has 0 aliphatic heterocycles. The number of phenols is 1. The zero-order valence-corrected chi connectivity index (χ0v) is 9.33. The van der Waals surface area contributed by atoms with Crippen molar-refractivity contribution < 1.29 is 10.2 Å². The van der Waals surface area contributed by atoms with Gasteiger partial charge in [0.05, 0.1) is 0 Å². The molecule has 1 rings (SSSR count). The number of aliphatic hydroxyl groups excluding tert-OH is 1. The van der Waals surface area contributed by atoms with Gasteiger partial charge in [0, 0.05) is 11.1 Å². The lowest BCUT2D eigenvalue weighted by molar-refractivity contribution is 0.350. The van der Waals surface area contributed by atoms with E-state index in [0.717, 1.165) is 11.1 Å². The summed E-state index contributed by atoms with van der Waals surface area (Å²) < 4.78 is 0. The summed E-state index contributed by atoms with van der Waals surface area (Å²) in [5.41, 5.74) is 1.57. The zero-order valence-electron chi connectivity index (χ0n) is 9.33. The van der Waals surface area contributed by atoms with Gasteiger partial charge in [0.2, 0.25) is 0 Å². The van der Waals surface area contributed by atoms with Crippen LogP contribution < -0.4 is 0 Å². The fourth-order valence-electron chi connectivity index (χ4n) is 1.36. The van der Waals surface area contributed by atoms with Crippen molar-refractivity contribution in [3.8, 4) is 17.6 Å². The molecule has 0 aromatic heterocycles. The number of aromatic hydroxyl groups is 1. The van der Waals surface area contributed by atoms with Crippen LogP contribution in [0.5, 0.6) is 5.75 Å². The second-order valence-electron chi connectivity index (χ2n) is 4.44. The fraction of sp³-hybridized carbons (Fsp3) is 0.385. The monoisotopic (exact) mass is 204 g/mol. The van der Waals surface area contributed by atoms with Crippen LogP contribution in [0.15, 0.2) is 18.2 Å². The van der Waals surface area contributed by atoms with Crippen molar-refractivity contribution in [1.82, 2.24) is 0 Å². The first kappa shape index (κ1) is 11.6. The molecule has 0 radical (unpaired) electrons. The summed E-state index contributed by atoms with van der Waals surface area (Å²) in [5.74, 6) is 5.70. The molecule has 0 unspecified atom stereocenters. The van der Waals surface area contributed by atoms with Crippen molar-refractivity contribution in [1.29, 1.82) is 0 Å². The molecule has 0 spiro atoms. The average molecular weight is 204 g/mol. The summed E-state index contributed by atoms with van der Waals surface area (Å²) in [6.45, 7) is 5.95. The predicted octanol–water partition coefficient (Wildman–Crippen LogP) is 2.03. The lowest BCUT2D eigenvalue weighted by Crippen LogP contribution is -2.11. The largest absolute Gasteiger partial charge is 0.508 e. The molecule has 0 bridgehead atoms. The van der Waals surface area contributed by atoms with E-state index in [1.165, 1.54) is 0 Å². The Bertz CT molecular complexity index is 403. The summed E-state index contributed by atoms with van der Waals surface area (Å²) >= 11 is 0. The predicted molar refractivity (Wildman–Crippen MR) is 60.8 cm³/mol. The van der Waals surface area contributed by atoms with Crippen molar-refractivity contribution in [2.24, 2.45) is 0 Å². The van der Waals surface area contributed by atoms with Gasteiger partial charge in [-0.2, -0.15) is 0 Å². The molecule has 0 saturated heterocycles. The highest BCUT2D eigenvalue weighted by Crippen LogP contribution is 2.30. The Kier molecular flexibility index (Phi) is 3.39. The Hall–Kier alpha value is -1.46. The summed E-state index contributed by atoms with van der Waals surface area (Å²) in [6.07, 6.45) is 0. The quantitative estimate of drug-likeness (QED) is 0.635. The van der Waals surface area contributed by atoms with Gasteiger partial charge in [-0.1, -0.05) is 32.6 Å². The lowest BCUT2D eigenvalue weighted by atomic mass is 9.85.